The molecule has 2 fully saturated rings. The number of aromatic nitrogens is 1. The van der Waals surface area contributed by atoms with Gasteiger partial charge in [-0.2, -0.15) is 0 Å². The maximum atomic E-state index is 12.8. The highest BCUT2D eigenvalue weighted by atomic mass is 16.5. The number of hydrogen-bond acceptors (Lipinski definition) is 5. The van der Waals surface area contributed by atoms with Crippen molar-refractivity contribution in [3.63, 3.8) is 0 Å². The summed E-state index contributed by atoms with van der Waals surface area (Å²) in [4.78, 5) is 30.6. The minimum absolute atomic E-state index is 0.193. The van der Waals surface area contributed by atoms with Crippen molar-refractivity contribution in [3.8, 4) is 17.4 Å². The Hall–Kier alpha value is -3.09. The molecular formula is C19H19N3O4. The minimum atomic E-state index is -0.753. The lowest BCUT2D eigenvalue weighted by molar-refractivity contribution is -0.124. The smallest absolute Gasteiger partial charge is 0.329 e. The maximum absolute atomic E-state index is 12.8. The van der Waals surface area contributed by atoms with Gasteiger partial charge in [-0.3, -0.25) is 4.79 Å². The Kier molecular flexibility index (Phi) is 3.79. The van der Waals surface area contributed by atoms with Crippen LogP contribution in [0.25, 0.3) is 0 Å². The van der Waals surface area contributed by atoms with Crippen molar-refractivity contribution >= 4 is 17.6 Å². The van der Waals surface area contributed by atoms with Crippen LogP contribution in [-0.4, -0.2) is 29.6 Å². The van der Waals surface area contributed by atoms with Gasteiger partial charge in [-0.1, -0.05) is 6.07 Å². The van der Waals surface area contributed by atoms with E-state index in [1.165, 1.54) is 0 Å². The first-order chi connectivity index (χ1) is 12.5. The Morgan fingerprint density at radius 3 is 2.69 bits per heavy atom. The summed E-state index contributed by atoms with van der Waals surface area (Å²) in [6, 6.07) is 8.29. The molecule has 0 bridgehead atoms. The van der Waals surface area contributed by atoms with Gasteiger partial charge in [-0.15, -0.1) is 0 Å². The highest BCUT2D eigenvalue weighted by Crippen LogP contribution is 2.41. The molecule has 134 valence electrons. The van der Waals surface area contributed by atoms with Crippen LogP contribution in [0, 0.1) is 6.92 Å². The van der Waals surface area contributed by atoms with E-state index in [9.17, 15) is 9.59 Å². The number of hydrogen-bond donors (Lipinski definition) is 1. The van der Waals surface area contributed by atoms with Crippen LogP contribution in [0.1, 0.15) is 24.8 Å². The predicted octanol–water partition coefficient (Wildman–Crippen LogP) is 3.17. The van der Waals surface area contributed by atoms with Gasteiger partial charge in [-0.05, 0) is 49.9 Å². The second-order valence-corrected chi connectivity index (χ2v) is 6.57. The largest absolute Gasteiger partial charge is 0.496 e. The standard InChI is InChI=1S/C19H19N3O4/c1-12-6-7-13(11-15(12)25-2)26-16-14(5-3-10-20-16)22-17(23)19(8-4-9-19)21-18(22)24/h3,5-7,10-11H,4,8-9H2,1-2H3,(H,21,24). The van der Waals surface area contributed by atoms with Gasteiger partial charge in [0.05, 0.1) is 7.11 Å². The number of methoxy groups -OCH3 is 1. The first-order valence-electron chi connectivity index (χ1n) is 8.48. The number of anilines is 1. The predicted molar refractivity (Wildman–Crippen MR) is 94.6 cm³/mol. The number of aryl methyl sites for hydroxylation is 1. The fraction of sp³-hybridized carbons (Fsp3) is 0.316. The maximum Gasteiger partial charge on any atom is 0.329 e. The number of nitrogens with zero attached hydrogens (tertiary/aromatic N) is 2. The van der Waals surface area contributed by atoms with Crippen molar-refractivity contribution in [3.05, 3.63) is 42.1 Å². The molecule has 2 heterocycles. The van der Waals surface area contributed by atoms with Crippen LogP contribution in [0.2, 0.25) is 0 Å². The van der Waals surface area contributed by atoms with Crippen molar-refractivity contribution < 1.29 is 19.1 Å². The fourth-order valence-corrected chi connectivity index (χ4v) is 3.31. The number of imide groups is 1. The lowest BCUT2D eigenvalue weighted by atomic mass is 9.77. The van der Waals surface area contributed by atoms with E-state index in [2.05, 4.69) is 10.3 Å². The third-order valence-corrected chi connectivity index (χ3v) is 4.95. The summed E-state index contributed by atoms with van der Waals surface area (Å²) >= 11 is 0. The molecule has 1 aliphatic heterocycles. The zero-order valence-electron chi connectivity index (χ0n) is 14.6. The third kappa shape index (κ3) is 2.47. The lowest BCUT2D eigenvalue weighted by Gasteiger charge is -2.34. The first kappa shape index (κ1) is 16.4. The molecule has 1 saturated carbocycles. The third-order valence-electron chi connectivity index (χ3n) is 4.95. The SMILES string of the molecule is COc1cc(Oc2ncccc2N2C(=O)NC3(CCC3)C2=O)ccc1C. The number of urea groups is 1. The summed E-state index contributed by atoms with van der Waals surface area (Å²) in [6.45, 7) is 1.93. The van der Waals surface area contributed by atoms with Gasteiger partial charge in [-0.25, -0.2) is 14.7 Å². The topological polar surface area (TPSA) is 80.8 Å². The summed E-state index contributed by atoms with van der Waals surface area (Å²) in [5, 5.41) is 2.82. The second kappa shape index (κ2) is 6.01. The van der Waals surface area contributed by atoms with Crippen LogP contribution in [0.4, 0.5) is 10.5 Å². The number of amides is 3. The van der Waals surface area contributed by atoms with E-state index in [-0.39, 0.29) is 11.8 Å². The van der Waals surface area contributed by atoms with E-state index in [1.807, 2.05) is 13.0 Å². The Morgan fingerprint density at radius 2 is 2.04 bits per heavy atom. The van der Waals surface area contributed by atoms with Crippen molar-refractivity contribution in [2.45, 2.75) is 31.7 Å². The molecule has 1 aromatic heterocycles. The molecule has 2 aliphatic rings. The molecule has 1 N–H and O–H groups in total. The van der Waals surface area contributed by atoms with E-state index in [0.717, 1.165) is 16.9 Å². The Morgan fingerprint density at radius 1 is 1.23 bits per heavy atom. The van der Waals surface area contributed by atoms with Crippen LogP contribution < -0.4 is 19.7 Å². The van der Waals surface area contributed by atoms with Crippen molar-refractivity contribution in [1.29, 1.82) is 0 Å². The molecule has 4 rings (SSSR count). The number of ether oxygens (including phenoxy) is 2. The average Bonchev–Trinajstić information content (AvgIpc) is 2.88. The van der Waals surface area contributed by atoms with Gasteiger partial charge in [0, 0.05) is 12.3 Å². The van der Waals surface area contributed by atoms with Gasteiger partial charge in [0.1, 0.15) is 22.7 Å². The fourth-order valence-electron chi connectivity index (χ4n) is 3.31. The lowest BCUT2D eigenvalue weighted by Crippen LogP contribution is -2.52. The number of carbonyl (C=O) groups excluding carboxylic acids is 2. The highest BCUT2D eigenvalue weighted by Gasteiger charge is 2.55. The monoisotopic (exact) mass is 353 g/mol. The molecule has 1 saturated heterocycles. The van der Waals surface area contributed by atoms with Crippen LogP contribution in [0.5, 0.6) is 17.4 Å². The molecule has 1 aliphatic carbocycles. The van der Waals surface area contributed by atoms with Gasteiger partial charge in [0.2, 0.25) is 5.88 Å². The molecule has 7 heteroatoms. The van der Waals surface area contributed by atoms with Crippen LogP contribution in [-0.2, 0) is 4.79 Å². The number of carbonyl (C=O) groups is 2. The van der Waals surface area contributed by atoms with Gasteiger partial charge < -0.3 is 14.8 Å². The van der Waals surface area contributed by atoms with Gasteiger partial charge in [0.15, 0.2) is 0 Å². The summed E-state index contributed by atoms with van der Waals surface area (Å²) in [7, 11) is 1.59. The summed E-state index contributed by atoms with van der Waals surface area (Å²) in [5.41, 5.74) is 0.553. The number of nitrogens with one attached hydrogen (secondary N) is 1. The zero-order valence-corrected chi connectivity index (χ0v) is 14.6. The highest BCUT2D eigenvalue weighted by molar-refractivity contribution is 6.24. The number of pyridine rings is 1. The molecule has 2 aromatic rings. The van der Waals surface area contributed by atoms with Crippen LogP contribution in [0.15, 0.2) is 36.5 Å². The van der Waals surface area contributed by atoms with E-state index < -0.39 is 11.6 Å². The summed E-state index contributed by atoms with van der Waals surface area (Å²) in [5.74, 6) is 1.15. The molecule has 26 heavy (non-hydrogen) atoms. The zero-order chi connectivity index (χ0) is 18.3. The van der Waals surface area contributed by atoms with E-state index in [0.29, 0.717) is 30.0 Å². The molecular weight excluding hydrogens is 334 g/mol. The summed E-state index contributed by atoms with van der Waals surface area (Å²) < 4.78 is 11.2. The Labute approximate surface area is 150 Å². The Bertz CT molecular complexity index is 892. The molecule has 0 radical (unpaired) electrons. The molecule has 3 amide bonds. The van der Waals surface area contributed by atoms with E-state index in [4.69, 9.17) is 9.47 Å². The molecule has 1 aromatic carbocycles. The van der Waals surface area contributed by atoms with E-state index in [1.54, 1.807) is 37.6 Å². The first-order valence-corrected chi connectivity index (χ1v) is 8.48. The van der Waals surface area contributed by atoms with Crippen molar-refractivity contribution in [1.82, 2.24) is 10.3 Å². The summed E-state index contributed by atoms with van der Waals surface area (Å²) in [6.07, 6.45) is 3.82. The minimum Gasteiger partial charge on any atom is -0.496 e. The molecule has 0 atom stereocenters. The van der Waals surface area contributed by atoms with Crippen molar-refractivity contribution in [2.24, 2.45) is 0 Å². The van der Waals surface area contributed by atoms with Crippen molar-refractivity contribution in [2.75, 3.05) is 12.0 Å². The molecule has 1 spiro atoms. The van der Waals surface area contributed by atoms with Gasteiger partial charge >= 0.3 is 6.03 Å². The van der Waals surface area contributed by atoms with Crippen LogP contribution in [0.3, 0.4) is 0 Å². The van der Waals surface area contributed by atoms with Crippen LogP contribution >= 0.6 is 0 Å². The normalized spacial score (nSPS) is 17.8. The molecule has 0 unspecified atom stereocenters. The van der Waals surface area contributed by atoms with Gasteiger partial charge in [0.25, 0.3) is 5.91 Å². The molecule has 7 nitrogen and oxygen atoms in total. The number of rotatable bonds is 4. The quantitative estimate of drug-likeness (QED) is 0.854. The second-order valence-electron chi connectivity index (χ2n) is 6.57. The van der Waals surface area contributed by atoms with E-state index >= 15 is 0 Å². The number of benzene rings is 1. The Balaban J connectivity index is 1.67. The average molecular weight is 353 g/mol.